The number of thioether (sulfide) groups is 1. The quantitative estimate of drug-likeness (QED) is 0.506. The van der Waals surface area contributed by atoms with Crippen molar-refractivity contribution < 1.29 is 14.7 Å². The Morgan fingerprint density at radius 2 is 2.10 bits per heavy atom. The molecule has 0 aromatic rings. The number of primary amides is 1. The van der Waals surface area contributed by atoms with Gasteiger partial charge in [0.05, 0.1) is 0 Å². The number of nitrogens with two attached hydrogens (primary N) is 2. The van der Waals surface area contributed by atoms with Gasteiger partial charge in [0.2, 0.25) is 0 Å². The van der Waals surface area contributed by atoms with Crippen LogP contribution in [0.15, 0.2) is 0 Å². The third-order valence-electron chi connectivity index (χ3n) is 0.722. The van der Waals surface area contributed by atoms with Crippen molar-refractivity contribution in [2.45, 2.75) is 6.04 Å². The zero-order valence-corrected chi connectivity index (χ0v) is 5.93. The third-order valence-corrected chi connectivity index (χ3v) is 1.53. The van der Waals surface area contributed by atoms with Gasteiger partial charge in [-0.05, 0) is 0 Å². The van der Waals surface area contributed by atoms with E-state index in [0.717, 1.165) is 0 Å². The van der Waals surface area contributed by atoms with Gasteiger partial charge in [0.1, 0.15) is 6.04 Å². The first-order valence-corrected chi connectivity index (χ1v) is 3.43. The van der Waals surface area contributed by atoms with E-state index in [2.05, 4.69) is 0 Å². The van der Waals surface area contributed by atoms with Gasteiger partial charge in [-0.1, -0.05) is 11.8 Å². The van der Waals surface area contributed by atoms with Crippen LogP contribution in [0.4, 0.5) is 4.79 Å². The van der Waals surface area contributed by atoms with Crippen molar-refractivity contribution in [3.05, 3.63) is 0 Å². The van der Waals surface area contributed by atoms with Crippen molar-refractivity contribution in [2.75, 3.05) is 5.75 Å². The molecule has 0 aromatic carbocycles. The highest BCUT2D eigenvalue weighted by Gasteiger charge is 2.11. The Morgan fingerprint density at radius 3 is 2.40 bits per heavy atom. The van der Waals surface area contributed by atoms with E-state index < -0.39 is 17.3 Å². The molecule has 0 fully saturated rings. The van der Waals surface area contributed by atoms with Crippen LogP contribution >= 0.6 is 11.8 Å². The molecule has 0 aliphatic heterocycles. The van der Waals surface area contributed by atoms with Gasteiger partial charge in [0.15, 0.2) is 0 Å². The van der Waals surface area contributed by atoms with Crippen molar-refractivity contribution in [3.8, 4) is 0 Å². The molecule has 5 nitrogen and oxygen atoms in total. The van der Waals surface area contributed by atoms with Crippen LogP contribution in [0, 0.1) is 0 Å². The second kappa shape index (κ2) is 4.13. The average Bonchev–Trinajstić information content (AvgIpc) is 1.82. The summed E-state index contributed by atoms with van der Waals surface area (Å²) in [5, 5.41) is 7.59. The molecule has 0 saturated carbocycles. The van der Waals surface area contributed by atoms with Gasteiger partial charge in [0.25, 0.3) is 5.24 Å². The summed E-state index contributed by atoms with van der Waals surface area (Å²) in [5.74, 6) is -1.11. The van der Waals surface area contributed by atoms with E-state index in [4.69, 9.17) is 16.6 Å². The Morgan fingerprint density at radius 1 is 1.60 bits per heavy atom. The Labute approximate surface area is 61.8 Å². The molecule has 1 unspecified atom stereocenters. The van der Waals surface area contributed by atoms with Gasteiger partial charge in [-0.15, -0.1) is 0 Å². The Bertz CT molecular complexity index is 149. The molecule has 0 aromatic heterocycles. The number of carbonyl (C=O) groups excluding carboxylic acids is 1. The number of hydrogen-bond donors (Lipinski definition) is 3. The van der Waals surface area contributed by atoms with Crippen LogP contribution in [0.5, 0.6) is 0 Å². The molecule has 0 bridgehead atoms. The van der Waals surface area contributed by atoms with Gasteiger partial charge >= 0.3 is 5.97 Å². The first-order chi connectivity index (χ1) is 4.54. The molecule has 0 rings (SSSR count). The van der Waals surface area contributed by atoms with E-state index in [-0.39, 0.29) is 5.75 Å². The molecule has 0 aliphatic carbocycles. The maximum absolute atomic E-state index is 10.1. The number of aliphatic carboxylic acids is 1. The molecule has 58 valence electrons. The van der Waals surface area contributed by atoms with Crippen LogP contribution in [-0.2, 0) is 4.79 Å². The standard InChI is InChI=1S/C4H8N2O3S/c5-2(3(7)8)1-10-4(6)9/h2H,1,5H2,(H2,6,9)(H,7,8). The smallest absolute Gasteiger partial charge is 0.321 e. The fourth-order valence-electron chi connectivity index (χ4n) is 0.243. The molecule has 10 heavy (non-hydrogen) atoms. The monoisotopic (exact) mass is 164 g/mol. The fraction of sp³-hybridized carbons (Fsp3) is 0.500. The van der Waals surface area contributed by atoms with Crippen molar-refractivity contribution in [1.82, 2.24) is 0 Å². The summed E-state index contributed by atoms with van der Waals surface area (Å²) in [5.41, 5.74) is 9.75. The molecule has 0 spiro atoms. The molecule has 1 amide bonds. The highest BCUT2D eigenvalue weighted by atomic mass is 32.2. The van der Waals surface area contributed by atoms with Crippen molar-refractivity contribution in [3.63, 3.8) is 0 Å². The van der Waals surface area contributed by atoms with Gasteiger partial charge in [-0.2, -0.15) is 0 Å². The Kier molecular flexibility index (Phi) is 3.82. The number of carbonyl (C=O) groups is 2. The largest absolute Gasteiger partial charge is 0.480 e. The molecule has 1 atom stereocenters. The number of carboxylic acids is 1. The van der Waals surface area contributed by atoms with Crippen LogP contribution in [0.25, 0.3) is 0 Å². The van der Waals surface area contributed by atoms with Crippen LogP contribution in [0.1, 0.15) is 0 Å². The first-order valence-electron chi connectivity index (χ1n) is 2.44. The van der Waals surface area contributed by atoms with Crippen LogP contribution in [0.2, 0.25) is 0 Å². The molecular formula is C4H8N2O3S. The van der Waals surface area contributed by atoms with Crippen LogP contribution in [0.3, 0.4) is 0 Å². The van der Waals surface area contributed by atoms with Gasteiger partial charge in [0, 0.05) is 5.75 Å². The van der Waals surface area contributed by atoms with Crippen LogP contribution < -0.4 is 11.5 Å². The number of carboxylic acid groups (broad SMARTS) is 1. The fourth-order valence-corrected chi connectivity index (χ4v) is 0.730. The van der Waals surface area contributed by atoms with Crippen LogP contribution in [-0.4, -0.2) is 28.1 Å². The maximum Gasteiger partial charge on any atom is 0.321 e. The van der Waals surface area contributed by atoms with E-state index >= 15 is 0 Å². The zero-order chi connectivity index (χ0) is 8.15. The summed E-state index contributed by atoms with van der Waals surface area (Å²) in [4.78, 5) is 20.1. The predicted octanol–water partition coefficient (Wildman–Crippen LogP) is -0.790. The van der Waals surface area contributed by atoms with Gasteiger partial charge in [-0.3, -0.25) is 9.59 Å². The summed E-state index contributed by atoms with van der Waals surface area (Å²) < 4.78 is 0. The minimum absolute atomic E-state index is 0.0185. The molecule has 5 N–H and O–H groups in total. The lowest BCUT2D eigenvalue weighted by Crippen LogP contribution is -2.33. The van der Waals surface area contributed by atoms with E-state index in [1.54, 1.807) is 0 Å². The van der Waals surface area contributed by atoms with Crippen molar-refractivity contribution in [1.29, 1.82) is 0 Å². The summed E-state index contributed by atoms with van der Waals surface area (Å²) >= 11 is 0.701. The maximum atomic E-state index is 10.1. The summed E-state index contributed by atoms with van der Waals surface area (Å²) in [6.45, 7) is 0. The van der Waals surface area contributed by atoms with Crippen molar-refractivity contribution in [2.24, 2.45) is 11.5 Å². The number of rotatable bonds is 3. The molecule has 0 heterocycles. The predicted molar refractivity (Wildman–Crippen MR) is 37.7 cm³/mol. The van der Waals surface area contributed by atoms with E-state index in [1.165, 1.54) is 0 Å². The highest BCUT2D eigenvalue weighted by molar-refractivity contribution is 8.13. The molecule has 0 aliphatic rings. The molecule has 0 radical (unpaired) electrons. The second-order valence-electron chi connectivity index (χ2n) is 1.57. The Balaban J connectivity index is 3.49. The number of hydrogen-bond acceptors (Lipinski definition) is 4. The average molecular weight is 164 g/mol. The number of amides is 1. The highest BCUT2D eigenvalue weighted by Crippen LogP contribution is 2.00. The van der Waals surface area contributed by atoms with E-state index in [9.17, 15) is 9.59 Å². The lowest BCUT2D eigenvalue weighted by Gasteiger charge is -2.01. The van der Waals surface area contributed by atoms with Crippen molar-refractivity contribution >= 4 is 23.0 Å². The first kappa shape index (κ1) is 9.25. The lowest BCUT2D eigenvalue weighted by atomic mass is 10.4. The Hall–Kier alpha value is -0.750. The third kappa shape index (κ3) is 4.16. The van der Waals surface area contributed by atoms with Gasteiger partial charge < -0.3 is 16.6 Å². The lowest BCUT2D eigenvalue weighted by molar-refractivity contribution is -0.137. The SMILES string of the molecule is NC(=O)SCC(N)C(=O)O. The second-order valence-corrected chi connectivity index (χ2v) is 2.60. The summed E-state index contributed by atoms with van der Waals surface area (Å²) in [6.07, 6.45) is 0. The van der Waals surface area contributed by atoms with Gasteiger partial charge in [-0.25, -0.2) is 0 Å². The molecule has 0 saturated heterocycles. The minimum atomic E-state index is -1.13. The zero-order valence-electron chi connectivity index (χ0n) is 5.11. The topological polar surface area (TPSA) is 106 Å². The summed E-state index contributed by atoms with van der Waals surface area (Å²) in [7, 11) is 0. The minimum Gasteiger partial charge on any atom is -0.480 e. The molecular weight excluding hydrogens is 156 g/mol. The van der Waals surface area contributed by atoms with E-state index in [0.29, 0.717) is 11.8 Å². The normalized spacial score (nSPS) is 12.5. The molecule has 6 heteroatoms. The van der Waals surface area contributed by atoms with E-state index in [1.807, 2.05) is 0 Å². The summed E-state index contributed by atoms with van der Waals surface area (Å²) in [6, 6.07) is -1.02.